The van der Waals surface area contributed by atoms with Gasteiger partial charge in [-0.1, -0.05) is 51.2 Å². The fraction of sp³-hybridized carbons (Fsp3) is 0.774. The summed E-state index contributed by atoms with van der Waals surface area (Å²) in [7, 11) is 0. The maximum absolute atomic E-state index is 14.1. The highest BCUT2D eigenvalue weighted by molar-refractivity contribution is 5.75. The molecule has 0 atom stereocenters. The van der Waals surface area contributed by atoms with Crippen molar-refractivity contribution in [2.24, 2.45) is 23.7 Å². The summed E-state index contributed by atoms with van der Waals surface area (Å²) in [6.45, 7) is 2.18. The first kappa shape index (κ1) is 38.2. The molecule has 2 aliphatic carbocycles. The van der Waals surface area contributed by atoms with Crippen LogP contribution in [0.5, 0.6) is 5.75 Å². The SMILES string of the molecule is CCCC[C@H]1CC[C@H]([C@H]2CC[C@H](C(=O)Oc3ccc(CCC(F)(F)C(F)(F)C(F)(F)C(F)(F)C(F)(F)C(F)(F)F)cc3)CC2)CC1. The van der Waals surface area contributed by atoms with Gasteiger partial charge >= 0.3 is 41.8 Å². The van der Waals surface area contributed by atoms with Crippen LogP contribution in [0.2, 0.25) is 0 Å². The van der Waals surface area contributed by atoms with Crippen LogP contribution in [-0.2, 0) is 11.2 Å². The molecule has 0 unspecified atom stereocenters. The number of carbonyl (C=O) groups excluding carboxylic acids is 1. The zero-order chi connectivity index (χ0) is 34.8. The van der Waals surface area contributed by atoms with Gasteiger partial charge in [0, 0.05) is 6.42 Å². The van der Waals surface area contributed by atoms with Crippen molar-refractivity contribution in [3.8, 4) is 5.75 Å². The summed E-state index contributed by atoms with van der Waals surface area (Å²) >= 11 is 0. The Morgan fingerprint density at radius 3 is 1.63 bits per heavy atom. The Balaban J connectivity index is 1.52. The summed E-state index contributed by atoms with van der Waals surface area (Å²) in [5.41, 5.74) is -0.254. The number of unbranched alkanes of at least 4 members (excludes halogenated alkanes) is 1. The van der Waals surface area contributed by atoms with Crippen molar-refractivity contribution in [2.75, 3.05) is 0 Å². The molecule has 0 spiro atoms. The minimum absolute atomic E-state index is 0.0427. The summed E-state index contributed by atoms with van der Waals surface area (Å²) in [6.07, 6.45) is 0.579. The van der Waals surface area contributed by atoms with Gasteiger partial charge in [-0.25, -0.2) is 0 Å². The average Bonchev–Trinajstić information content (AvgIpc) is 2.99. The predicted molar refractivity (Wildman–Crippen MR) is 142 cm³/mol. The molecule has 1 aromatic carbocycles. The molecular weight excluding hydrogens is 651 g/mol. The van der Waals surface area contributed by atoms with Crippen molar-refractivity contribution in [3.05, 3.63) is 29.8 Å². The molecule has 0 radical (unpaired) electrons. The van der Waals surface area contributed by atoms with E-state index in [0.29, 0.717) is 24.7 Å². The van der Waals surface area contributed by atoms with E-state index in [1.165, 1.54) is 44.9 Å². The number of hydrogen-bond acceptors (Lipinski definition) is 2. The summed E-state index contributed by atoms with van der Waals surface area (Å²) in [4.78, 5) is 12.7. The van der Waals surface area contributed by atoms with Crippen molar-refractivity contribution in [1.29, 1.82) is 0 Å². The largest absolute Gasteiger partial charge is 0.460 e. The van der Waals surface area contributed by atoms with E-state index >= 15 is 0 Å². The molecule has 0 heterocycles. The van der Waals surface area contributed by atoms with Crippen molar-refractivity contribution in [2.45, 2.75) is 126 Å². The van der Waals surface area contributed by atoms with Gasteiger partial charge in [-0.15, -0.1) is 0 Å². The fourth-order valence-electron chi connectivity index (χ4n) is 6.45. The fourth-order valence-corrected chi connectivity index (χ4v) is 6.45. The highest BCUT2D eigenvalue weighted by Gasteiger charge is 2.90. The van der Waals surface area contributed by atoms with Crippen LogP contribution in [0.15, 0.2) is 24.3 Å². The van der Waals surface area contributed by atoms with Crippen LogP contribution in [-0.4, -0.2) is 41.8 Å². The highest BCUT2D eigenvalue weighted by Crippen LogP contribution is 2.60. The molecule has 46 heavy (non-hydrogen) atoms. The van der Waals surface area contributed by atoms with E-state index in [1.807, 2.05) is 0 Å². The van der Waals surface area contributed by atoms with Gasteiger partial charge in [0.05, 0.1) is 5.92 Å². The van der Waals surface area contributed by atoms with Crippen LogP contribution in [0.1, 0.15) is 89.5 Å². The minimum atomic E-state index is -7.91. The van der Waals surface area contributed by atoms with Crippen molar-refractivity contribution < 1.29 is 66.6 Å². The topological polar surface area (TPSA) is 26.3 Å². The Bertz CT molecular complexity index is 1130. The molecule has 3 rings (SSSR count). The molecule has 2 fully saturated rings. The van der Waals surface area contributed by atoms with E-state index in [-0.39, 0.29) is 17.2 Å². The lowest BCUT2D eigenvalue weighted by atomic mass is 9.68. The number of hydrogen-bond donors (Lipinski definition) is 0. The second-order valence-electron chi connectivity index (χ2n) is 12.6. The summed E-state index contributed by atoms with van der Waals surface area (Å²) < 4.78 is 178. The maximum Gasteiger partial charge on any atom is 0.460 e. The molecular formula is C31H37F13O2. The molecule has 0 aromatic heterocycles. The van der Waals surface area contributed by atoms with Crippen molar-refractivity contribution in [1.82, 2.24) is 0 Å². The van der Waals surface area contributed by atoms with Crippen molar-refractivity contribution >= 4 is 5.97 Å². The van der Waals surface area contributed by atoms with E-state index in [0.717, 1.165) is 43.0 Å². The first-order valence-corrected chi connectivity index (χ1v) is 15.4. The van der Waals surface area contributed by atoms with E-state index in [4.69, 9.17) is 4.74 Å². The lowest BCUT2D eigenvalue weighted by Gasteiger charge is -2.39. The third-order valence-electron chi connectivity index (χ3n) is 9.50. The third-order valence-corrected chi connectivity index (χ3v) is 9.50. The van der Waals surface area contributed by atoms with Crippen LogP contribution >= 0.6 is 0 Å². The van der Waals surface area contributed by atoms with Crippen LogP contribution in [0.25, 0.3) is 0 Å². The molecule has 0 saturated heterocycles. The third kappa shape index (κ3) is 7.73. The summed E-state index contributed by atoms with van der Waals surface area (Å²) in [6, 6.07) is 4.18. The zero-order valence-corrected chi connectivity index (χ0v) is 25.0. The van der Waals surface area contributed by atoms with Gasteiger partial charge in [-0.2, -0.15) is 57.1 Å². The molecule has 0 amide bonds. The minimum Gasteiger partial charge on any atom is -0.426 e. The molecule has 15 heteroatoms. The first-order chi connectivity index (χ1) is 21.1. The lowest BCUT2D eigenvalue weighted by molar-refractivity contribution is -0.440. The Labute approximate surface area is 258 Å². The zero-order valence-electron chi connectivity index (χ0n) is 25.0. The van der Waals surface area contributed by atoms with Gasteiger partial charge in [0.2, 0.25) is 0 Å². The smallest absolute Gasteiger partial charge is 0.426 e. The number of esters is 1. The molecule has 1 aromatic rings. The Morgan fingerprint density at radius 2 is 1.15 bits per heavy atom. The second-order valence-corrected chi connectivity index (χ2v) is 12.6. The summed E-state index contributed by atoms with van der Waals surface area (Å²) in [5.74, 6) is -35.9. The molecule has 0 N–H and O–H groups in total. The van der Waals surface area contributed by atoms with Gasteiger partial charge in [0.25, 0.3) is 0 Å². The standard InChI is InChI=1S/C31H37F13O2/c1-2-3-4-19-5-9-21(10-6-19)22-11-13-23(14-12-22)25(45)46-24-15-7-20(8-16-24)17-18-26(32,33)27(34,35)28(36,37)29(38,39)30(40,41)31(42,43)44/h7-8,15-16,19,21-23H,2-6,9-14,17-18H2,1H3/t19-,21-,22-,23-. The Kier molecular flexibility index (Phi) is 11.7. The first-order valence-electron chi connectivity index (χ1n) is 15.4. The Morgan fingerprint density at radius 1 is 0.674 bits per heavy atom. The van der Waals surface area contributed by atoms with Crippen molar-refractivity contribution in [3.63, 3.8) is 0 Å². The number of carbonyl (C=O) groups is 1. The number of alkyl halides is 13. The molecule has 2 aliphatic rings. The van der Waals surface area contributed by atoms with Gasteiger partial charge < -0.3 is 4.74 Å². The van der Waals surface area contributed by atoms with E-state index in [2.05, 4.69) is 6.92 Å². The van der Waals surface area contributed by atoms with Crippen LogP contribution in [0.4, 0.5) is 57.1 Å². The maximum atomic E-state index is 14.1. The van der Waals surface area contributed by atoms with E-state index in [1.54, 1.807) is 0 Å². The van der Waals surface area contributed by atoms with Gasteiger partial charge in [-0.3, -0.25) is 4.79 Å². The normalized spacial score (nSPS) is 24.1. The number of halogens is 13. The number of benzene rings is 1. The van der Waals surface area contributed by atoms with E-state index in [9.17, 15) is 61.9 Å². The molecule has 2 nitrogen and oxygen atoms in total. The molecule has 264 valence electrons. The molecule has 2 saturated carbocycles. The number of rotatable bonds is 13. The summed E-state index contributed by atoms with van der Waals surface area (Å²) in [5, 5.41) is 0. The highest BCUT2D eigenvalue weighted by atomic mass is 19.4. The van der Waals surface area contributed by atoms with Gasteiger partial charge in [0.1, 0.15) is 5.75 Å². The predicted octanol–water partition coefficient (Wildman–Crippen LogP) is 11.1. The number of ether oxygens (including phenoxy) is 1. The van der Waals surface area contributed by atoms with Crippen LogP contribution < -0.4 is 4.74 Å². The number of aryl methyl sites for hydroxylation is 1. The van der Waals surface area contributed by atoms with Crippen LogP contribution in [0.3, 0.4) is 0 Å². The quantitative estimate of drug-likeness (QED) is 0.117. The van der Waals surface area contributed by atoms with Crippen LogP contribution in [0, 0.1) is 23.7 Å². The van der Waals surface area contributed by atoms with E-state index < -0.39 is 54.6 Å². The lowest BCUT2D eigenvalue weighted by Crippen LogP contribution is -2.70. The monoisotopic (exact) mass is 688 g/mol. The average molecular weight is 689 g/mol. The van der Waals surface area contributed by atoms with Gasteiger partial charge in [0.15, 0.2) is 0 Å². The molecule has 0 aliphatic heterocycles. The molecule has 0 bridgehead atoms. The Hall–Kier alpha value is -2.22. The second kappa shape index (κ2) is 14.1. The van der Waals surface area contributed by atoms with Gasteiger partial charge in [-0.05, 0) is 80.4 Å².